The van der Waals surface area contributed by atoms with Gasteiger partial charge in [0.1, 0.15) is 10.3 Å². The number of nitrogens with zero attached hydrogens (tertiary/aromatic N) is 3. The number of thiazole rings is 1. The molecule has 0 spiro atoms. The lowest BCUT2D eigenvalue weighted by Crippen LogP contribution is -2.46. The van der Waals surface area contributed by atoms with E-state index in [1.807, 2.05) is 18.3 Å². The molecule has 2 aromatic rings. The molecule has 2 fully saturated rings. The number of fused-ring (bicyclic) bond motifs is 1. The van der Waals surface area contributed by atoms with Gasteiger partial charge in [-0.15, -0.1) is 0 Å². The van der Waals surface area contributed by atoms with Gasteiger partial charge in [-0.05, 0) is 37.8 Å². The Hall–Kier alpha value is -1.69. The SMILES string of the molecule is O=C(NC1CCCCCC1)C1CCCN(c2nc3cccnc3s2)C1. The maximum Gasteiger partial charge on any atom is 0.225 e. The molecule has 1 aliphatic carbocycles. The average Bonchev–Trinajstić information content (AvgIpc) is 2.92. The van der Waals surface area contributed by atoms with Crippen molar-refractivity contribution in [3.63, 3.8) is 0 Å². The van der Waals surface area contributed by atoms with Crippen LogP contribution < -0.4 is 10.2 Å². The fourth-order valence-electron chi connectivity index (χ4n) is 4.00. The van der Waals surface area contributed by atoms with E-state index in [0.717, 1.165) is 54.3 Å². The van der Waals surface area contributed by atoms with Gasteiger partial charge in [-0.3, -0.25) is 4.79 Å². The molecule has 5 nitrogen and oxygen atoms in total. The summed E-state index contributed by atoms with van der Waals surface area (Å²) in [5.41, 5.74) is 0.951. The minimum Gasteiger partial charge on any atom is -0.353 e. The minimum absolute atomic E-state index is 0.0805. The van der Waals surface area contributed by atoms with Crippen molar-refractivity contribution in [3.8, 4) is 0 Å². The van der Waals surface area contributed by atoms with Gasteiger partial charge in [0.25, 0.3) is 0 Å². The van der Waals surface area contributed by atoms with Crippen LogP contribution >= 0.6 is 11.3 Å². The van der Waals surface area contributed by atoms with Crippen LogP contribution in [0.15, 0.2) is 18.3 Å². The molecule has 2 aliphatic rings. The molecule has 3 heterocycles. The molecule has 25 heavy (non-hydrogen) atoms. The molecule has 0 radical (unpaired) electrons. The number of hydrogen-bond acceptors (Lipinski definition) is 5. The van der Waals surface area contributed by atoms with Crippen LogP contribution in [0, 0.1) is 5.92 Å². The van der Waals surface area contributed by atoms with E-state index in [2.05, 4.69) is 15.2 Å². The van der Waals surface area contributed by atoms with Crippen LogP contribution in [0.5, 0.6) is 0 Å². The standard InChI is InChI=1S/C19H26N4OS/c24-17(21-15-8-3-1-2-4-9-15)14-7-6-12-23(13-14)19-22-16-10-5-11-20-18(16)25-19/h5,10-11,14-15H,1-4,6-9,12-13H2,(H,21,24). The Morgan fingerprint density at radius 2 is 2.00 bits per heavy atom. The number of piperidine rings is 1. The topological polar surface area (TPSA) is 58.1 Å². The maximum atomic E-state index is 12.8. The van der Waals surface area contributed by atoms with Gasteiger partial charge in [0.2, 0.25) is 5.91 Å². The van der Waals surface area contributed by atoms with Crippen molar-refractivity contribution < 1.29 is 4.79 Å². The third-order valence-corrected chi connectivity index (χ3v) is 6.46. The Kier molecular flexibility index (Phi) is 5.15. The Labute approximate surface area is 152 Å². The van der Waals surface area contributed by atoms with Crippen LogP contribution in [0.4, 0.5) is 5.13 Å². The van der Waals surface area contributed by atoms with Gasteiger partial charge in [-0.2, -0.15) is 0 Å². The van der Waals surface area contributed by atoms with E-state index in [4.69, 9.17) is 4.98 Å². The minimum atomic E-state index is 0.0805. The van der Waals surface area contributed by atoms with Crippen molar-refractivity contribution in [2.45, 2.75) is 57.4 Å². The number of carbonyl (C=O) groups excluding carboxylic acids is 1. The zero-order valence-electron chi connectivity index (χ0n) is 14.6. The quantitative estimate of drug-likeness (QED) is 0.849. The number of nitrogens with one attached hydrogen (secondary N) is 1. The predicted octanol–water partition coefficient (Wildman–Crippen LogP) is 3.75. The lowest BCUT2D eigenvalue weighted by atomic mass is 9.96. The molecular weight excluding hydrogens is 332 g/mol. The van der Waals surface area contributed by atoms with E-state index in [9.17, 15) is 4.79 Å². The molecule has 1 atom stereocenters. The smallest absolute Gasteiger partial charge is 0.225 e. The molecule has 134 valence electrons. The molecule has 4 rings (SSSR count). The van der Waals surface area contributed by atoms with Crippen molar-refractivity contribution in [1.29, 1.82) is 0 Å². The van der Waals surface area contributed by atoms with Gasteiger partial charge in [0, 0.05) is 25.3 Å². The predicted molar refractivity (Wildman–Crippen MR) is 102 cm³/mol. The number of carbonyl (C=O) groups is 1. The lowest BCUT2D eigenvalue weighted by Gasteiger charge is -2.32. The number of rotatable bonds is 3. The van der Waals surface area contributed by atoms with Gasteiger partial charge >= 0.3 is 0 Å². The number of pyridine rings is 1. The van der Waals surface area contributed by atoms with Crippen molar-refractivity contribution in [1.82, 2.24) is 15.3 Å². The van der Waals surface area contributed by atoms with Crippen LogP contribution in [-0.2, 0) is 4.79 Å². The first-order chi connectivity index (χ1) is 12.3. The fraction of sp³-hybridized carbons (Fsp3) is 0.632. The summed E-state index contributed by atoms with van der Waals surface area (Å²) in [6, 6.07) is 4.31. The number of aromatic nitrogens is 2. The molecule has 6 heteroatoms. The van der Waals surface area contributed by atoms with Crippen molar-refractivity contribution >= 4 is 32.7 Å². The summed E-state index contributed by atoms with van der Waals surface area (Å²) in [6.07, 6.45) is 11.3. The molecule has 1 saturated heterocycles. The molecule has 2 aromatic heterocycles. The highest BCUT2D eigenvalue weighted by molar-refractivity contribution is 7.21. The number of amides is 1. The fourth-order valence-corrected chi connectivity index (χ4v) is 4.94. The summed E-state index contributed by atoms with van der Waals surface area (Å²) in [6.45, 7) is 1.76. The molecule has 1 amide bonds. The highest BCUT2D eigenvalue weighted by Crippen LogP contribution is 2.30. The van der Waals surface area contributed by atoms with Gasteiger partial charge in [0.05, 0.1) is 5.92 Å². The monoisotopic (exact) mass is 358 g/mol. The summed E-state index contributed by atoms with van der Waals surface area (Å²) < 4.78 is 0. The van der Waals surface area contributed by atoms with Crippen LogP contribution in [0.2, 0.25) is 0 Å². The summed E-state index contributed by atoms with van der Waals surface area (Å²) in [7, 11) is 0. The largest absolute Gasteiger partial charge is 0.353 e. The zero-order chi connectivity index (χ0) is 17.1. The summed E-state index contributed by atoms with van der Waals surface area (Å²) >= 11 is 1.63. The summed E-state index contributed by atoms with van der Waals surface area (Å²) in [5.74, 6) is 0.327. The number of hydrogen-bond donors (Lipinski definition) is 1. The molecule has 0 aromatic carbocycles. The highest BCUT2D eigenvalue weighted by atomic mass is 32.1. The van der Waals surface area contributed by atoms with Crippen LogP contribution in [-0.4, -0.2) is 35.0 Å². The molecule has 1 aliphatic heterocycles. The third kappa shape index (κ3) is 3.94. The van der Waals surface area contributed by atoms with Crippen molar-refractivity contribution in [2.24, 2.45) is 5.92 Å². The second kappa shape index (κ2) is 7.68. The molecular formula is C19H26N4OS. The van der Waals surface area contributed by atoms with Gasteiger partial charge in [-0.25, -0.2) is 9.97 Å². The molecule has 1 unspecified atom stereocenters. The van der Waals surface area contributed by atoms with E-state index in [1.165, 1.54) is 25.7 Å². The molecule has 1 N–H and O–H groups in total. The second-order valence-electron chi connectivity index (χ2n) is 7.31. The normalized spacial score (nSPS) is 22.7. The van der Waals surface area contributed by atoms with Crippen LogP contribution in [0.1, 0.15) is 51.4 Å². The van der Waals surface area contributed by atoms with E-state index in [1.54, 1.807) is 11.3 Å². The Balaban J connectivity index is 1.40. The first kappa shape index (κ1) is 16.8. The number of anilines is 1. The van der Waals surface area contributed by atoms with Gasteiger partial charge < -0.3 is 10.2 Å². The lowest BCUT2D eigenvalue weighted by molar-refractivity contribution is -0.126. The van der Waals surface area contributed by atoms with Crippen LogP contribution in [0.25, 0.3) is 10.3 Å². The first-order valence-corrected chi connectivity index (χ1v) is 10.4. The third-order valence-electron chi connectivity index (χ3n) is 5.42. The maximum absolute atomic E-state index is 12.8. The molecule has 0 bridgehead atoms. The second-order valence-corrected chi connectivity index (χ2v) is 8.26. The Bertz CT molecular complexity index is 690. The first-order valence-electron chi connectivity index (χ1n) is 9.56. The van der Waals surface area contributed by atoms with E-state index in [0.29, 0.717) is 6.04 Å². The Morgan fingerprint density at radius 1 is 1.16 bits per heavy atom. The molecule has 1 saturated carbocycles. The summed E-state index contributed by atoms with van der Waals surface area (Å²) in [4.78, 5) is 25.1. The van der Waals surface area contributed by atoms with E-state index >= 15 is 0 Å². The highest BCUT2D eigenvalue weighted by Gasteiger charge is 2.28. The van der Waals surface area contributed by atoms with Crippen molar-refractivity contribution in [2.75, 3.05) is 18.0 Å². The van der Waals surface area contributed by atoms with Gasteiger partial charge in [-0.1, -0.05) is 37.0 Å². The summed E-state index contributed by atoms with van der Waals surface area (Å²) in [5, 5.41) is 4.33. The van der Waals surface area contributed by atoms with E-state index < -0.39 is 0 Å². The van der Waals surface area contributed by atoms with Crippen LogP contribution in [0.3, 0.4) is 0 Å². The zero-order valence-corrected chi connectivity index (χ0v) is 15.4. The van der Waals surface area contributed by atoms with E-state index in [-0.39, 0.29) is 11.8 Å². The average molecular weight is 359 g/mol. The van der Waals surface area contributed by atoms with Crippen molar-refractivity contribution in [3.05, 3.63) is 18.3 Å². The van der Waals surface area contributed by atoms with Gasteiger partial charge in [0.15, 0.2) is 5.13 Å². The Morgan fingerprint density at radius 3 is 2.80 bits per heavy atom.